The zero-order valence-electron chi connectivity index (χ0n) is 7.55. The Balaban J connectivity index is 2.04. The number of hydrogen-bond acceptors (Lipinski definition) is 2. The predicted octanol–water partition coefficient (Wildman–Crippen LogP) is 1.17. The zero-order chi connectivity index (χ0) is 8.60. The largest absolute Gasteiger partial charge is 0.325 e. The van der Waals surface area contributed by atoms with Crippen LogP contribution in [0.3, 0.4) is 0 Å². The molecular weight excluding hydrogens is 148 g/mol. The normalized spacial score (nSPS) is 46.1. The molecular formula is C10H18N2. The fraction of sp³-hybridized carbons (Fsp3) is 0.800. The molecule has 12 heavy (non-hydrogen) atoms. The summed E-state index contributed by atoms with van der Waals surface area (Å²) in [5.41, 5.74) is 6.33. The van der Waals surface area contributed by atoms with Crippen LogP contribution in [0.5, 0.6) is 0 Å². The van der Waals surface area contributed by atoms with Crippen molar-refractivity contribution in [3.63, 3.8) is 0 Å². The standard InChI is InChI=1S/C10H18N2/c1-2-5-10(11)6-8-3-4-9(7-10)12-8/h2,8-9,12H,1,3-7,11H2. The van der Waals surface area contributed by atoms with Crippen LogP contribution in [0.2, 0.25) is 0 Å². The van der Waals surface area contributed by atoms with Crippen LogP contribution in [0.4, 0.5) is 0 Å². The van der Waals surface area contributed by atoms with Crippen LogP contribution >= 0.6 is 0 Å². The molecule has 2 saturated heterocycles. The minimum Gasteiger partial charge on any atom is -0.325 e. The van der Waals surface area contributed by atoms with Crippen LogP contribution in [-0.2, 0) is 0 Å². The Morgan fingerprint density at radius 1 is 1.42 bits per heavy atom. The Morgan fingerprint density at radius 3 is 2.50 bits per heavy atom. The van der Waals surface area contributed by atoms with Gasteiger partial charge in [-0.3, -0.25) is 0 Å². The van der Waals surface area contributed by atoms with Gasteiger partial charge in [0.15, 0.2) is 0 Å². The fourth-order valence-corrected chi connectivity index (χ4v) is 2.74. The maximum Gasteiger partial charge on any atom is 0.0218 e. The minimum absolute atomic E-state index is 0.0544. The predicted molar refractivity (Wildman–Crippen MR) is 50.9 cm³/mol. The van der Waals surface area contributed by atoms with Gasteiger partial charge in [-0.2, -0.15) is 0 Å². The van der Waals surface area contributed by atoms with Gasteiger partial charge in [0.1, 0.15) is 0 Å². The lowest BCUT2D eigenvalue weighted by Crippen LogP contribution is -2.53. The van der Waals surface area contributed by atoms with Crippen molar-refractivity contribution in [1.29, 1.82) is 0 Å². The molecule has 2 aliphatic heterocycles. The molecule has 0 aromatic rings. The lowest BCUT2D eigenvalue weighted by Gasteiger charge is -2.37. The van der Waals surface area contributed by atoms with Crippen LogP contribution in [0.15, 0.2) is 12.7 Å². The molecule has 68 valence electrons. The molecule has 0 aromatic carbocycles. The van der Waals surface area contributed by atoms with Gasteiger partial charge in [0, 0.05) is 17.6 Å². The summed E-state index contributed by atoms with van der Waals surface area (Å²) in [6.07, 6.45) is 7.85. The van der Waals surface area contributed by atoms with E-state index < -0.39 is 0 Å². The first kappa shape index (κ1) is 8.27. The first-order chi connectivity index (χ1) is 5.72. The fourth-order valence-electron chi connectivity index (χ4n) is 2.74. The van der Waals surface area contributed by atoms with E-state index in [1.54, 1.807) is 0 Å². The highest BCUT2D eigenvalue weighted by atomic mass is 15.0. The molecule has 0 saturated carbocycles. The summed E-state index contributed by atoms with van der Waals surface area (Å²) in [6.45, 7) is 3.77. The molecule has 0 aromatic heterocycles. The third kappa shape index (κ3) is 1.41. The number of nitrogens with one attached hydrogen (secondary N) is 1. The summed E-state index contributed by atoms with van der Waals surface area (Å²) >= 11 is 0. The third-order valence-corrected chi connectivity index (χ3v) is 3.19. The monoisotopic (exact) mass is 166 g/mol. The average molecular weight is 166 g/mol. The summed E-state index contributed by atoms with van der Waals surface area (Å²) in [5, 5.41) is 3.59. The molecule has 2 atom stereocenters. The molecule has 3 N–H and O–H groups in total. The van der Waals surface area contributed by atoms with Gasteiger partial charge < -0.3 is 11.1 Å². The number of rotatable bonds is 2. The van der Waals surface area contributed by atoms with Crippen molar-refractivity contribution in [1.82, 2.24) is 5.32 Å². The smallest absolute Gasteiger partial charge is 0.0218 e. The van der Waals surface area contributed by atoms with Gasteiger partial charge in [-0.05, 0) is 32.1 Å². The first-order valence-electron chi connectivity index (χ1n) is 4.88. The summed E-state index contributed by atoms with van der Waals surface area (Å²) in [4.78, 5) is 0. The second-order valence-corrected chi connectivity index (χ2v) is 4.40. The van der Waals surface area contributed by atoms with Gasteiger partial charge in [-0.1, -0.05) is 6.08 Å². The average Bonchev–Trinajstić information content (AvgIpc) is 2.31. The Hall–Kier alpha value is -0.340. The lowest BCUT2D eigenvalue weighted by molar-refractivity contribution is 0.253. The molecule has 2 unspecified atom stereocenters. The van der Waals surface area contributed by atoms with E-state index in [0.717, 1.165) is 19.3 Å². The highest BCUT2D eigenvalue weighted by molar-refractivity contribution is 5.04. The van der Waals surface area contributed by atoms with E-state index >= 15 is 0 Å². The maximum absolute atomic E-state index is 6.28. The molecule has 0 radical (unpaired) electrons. The Bertz CT molecular complexity index is 176. The van der Waals surface area contributed by atoms with Crippen LogP contribution in [-0.4, -0.2) is 17.6 Å². The SMILES string of the molecule is C=CCC1(N)CC2CCC(C1)N2. The van der Waals surface area contributed by atoms with E-state index in [4.69, 9.17) is 5.73 Å². The first-order valence-corrected chi connectivity index (χ1v) is 4.88. The van der Waals surface area contributed by atoms with E-state index in [9.17, 15) is 0 Å². The number of piperidine rings is 1. The number of hydrogen-bond donors (Lipinski definition) is 2. The van der Waals surface area contributed by atoms with Crippen molar-refractivity contribution >= 4 is 0 Å². The quantitative estimate of drug-likeness (QED) is 0.604. The van der Waals surface area contributed by atoms with Crippen molar-refractivity contribution in [2.45, 2.75) is 49.7 Å². The summed E-state index contributed by atoms with van der Waals surface area (Å²) in [5.74, 6) is 0. The highest BCUT2D eigenvalue weighted by Gasteiger charge is 2.40. The van der Waals surface area contributed by atoms with Gasteiger partial charge in [-0.15, -0.1) is 6.58 Å². The highest BCUT2D eigenvalue weighted by Crippen LogP contribution is 2.34. The Labute approximate surface area is 74.2 Å². The van der Waals surface area contributed by atoms with Crippen LogP contribution in [0.25, 0.3) is 0 Å². The van der Waals surface area contributed by atoms with Gasteiger partial charge in [0.05, 0.1) is 0 Å². The summed E-state index contributed by atoms with van der Waals surface area (Å²) in [6, 6.07) is 1.38. The van der Waals surface area contributed by atoms with E-state index in [1.165, 1.54) is 12.8 Å². The molecule has 2 fully saturated rings. The Morgan fingerprint density at radius 2 is 2.00 bits per heavy atom. The second kappa shape index (κ2) is 2.86. The van der Waals surface area contributed by atoms with Gasteiger partial charge in [0.2, 0.25) is 0 Å². The maximum atomic E-state index is 6.28. The molecule has 2 heteroatoms. The van der Waals surface area contributed by atoms with Gasteiger partial charge >= 0.3 is 0 Å². The lowest BCUT2D eigenvalue weighted by atomic mass is 9.82. The molecule has 2 nitrogen and oxygen atoms in total. The number of nitrogens with two attached hydrogens (primary N) is 1. The third-order valence-electron chi connectivity index (χ3n) is 3.19. The molecule has 2 heterocycles. The topological polar surface area (TPSA) is 38.0 Å². The van der Waals surface area contributed by atoms with Crippen LogP contribution in [0, 0.1) is 0 Å². The van der Waals surface area contributed by atoms with E-state index in [1.807, 2.05) is 6.08 Å². The van der Waals surface area contributed by atoms with Crippen molar-refractivity contribution in [3.8, 4) is 0 Å². The van der Waals surface area contributed by atoms with Gasteiger partial charge in [0.25, 0.3) is 0 Å². The molecule has 0 spiro atoms. The van der Waals surface area contributed by atoms with E-state index in [-0.39, 0.29) is 5.54 Å². The van der Waals surface area contributed by atoms with E-state index in [2.05, 4.69) is 11.9 Å². The molecule has 2 bridgehead atoms. The molecule has 2 aliphatic rings. The molecule has 2 rings (SSSR count). The van der Waals surface area contributed by atoms with Crippen molar-refractivity contribution < 1.29 is 0 Å². The van der Waals surface area contributed by atoms with Crippen molar-refractivity contribution in [2.75, 3.05) is 0 Å². The molecule has 0 amide bonds. The van der Waals surface area contributed by atoms with Gasteiger partial charge in [-0.25, -0.2) is 0 Å². The molecule has 0 aliphatic carbocycles. The minimum atomic E-state index is 0.0544. The second-order valence-electron chi connectivity index (χ2n) is 4.40. The van der Waals surface area contributed by atoms with Crippen molar-refractivity contribution in [3.05, 3.63) is 12.7 Å². The van der Waals surface area contributed by atoms with Crippen LogP contribution < -0.4 is 11.1 Å². The van der Waals surface area contributed by atoms with Crippen molar-refractivity contribution in [2.24, 2.45) is 5.73 Å². The Kier molecular flexibility index (Phi) is 1.97. The number of fused-ring (bicyclic) bond motifs is 2. The zero-order valence-corrected chi connectivity index (χ0v) is 7.55. The summed E-state index contributed by atoms with van der Waals surface area (Å²) in [7, 11) is 0. The van der Waals surface area contributed by atoms with E-state index in [0.29, 0.717) is 12.1 Å². The summed E-state index contributed by atoms with van der Waals surface area (Å²) < 4.78 is 0. The van der Waals surface area contributed by atoms with Crippen LogP contribution in [0.1, 0.15) is 32.1 Å².